The number of benzene rings is 2. The Bertz CT molecular complexity index is 963. The molecular weight excluding hydrogens is 366 g/mol. The van der Waals surface area contributed by atoms with Crippen LogP contribution in [-0.2, 0) is 6.54 Å². The molecule has 3 aromatic rings. The van der Waals surface area contributed by atoms with Crippen LogP contribution in [0.3, 0.4) is 0 Å². The second-order valence-electron chi connectivity index (χ2n) is 5.87. The minimum atomic E-state index is 0.213. The van der Waals surface area contributed by atoms with Gasteiger partial charge < -0.3 is 33.4 Å². The molecule has 9 nitrogen and oxygen atoms in total. The van der Waals surface area contributed by atoms with Gasteiger partial charge in [0.25, 0.3) is 0 Å². The summed E-state index contributed by atoms with van der Waals surface area (Å²) in [6, 6.07) is 9.45. The standard InChI is InChI=1S/C19H19N3O6/c1-23-15-6-11(7-16(24-2)17(15)25-3)9-20-19-22-21-18(28-19)12-4-5-13-14(8-12)27-10-26-13/h4-8H,9-10H2,1-3H3,(H,20,22). The highest BCUT2D eigenvalue weighted by Gasteiger charge is 2.17. The summed E-state index contributed by atoms with van der Waals surface area (Å²) in [6.07, 6.45) is 0. The lowest BCUT2D eigenvalue weighted by molar-refractivity contribution is 0.174. The number of anilines is 1. The Morgan fingerprint density at radius 2 is 1.68 bits per heavy atom. The fourth-order valence-electron chi connectivity index (χ4n) is 2.86. The van der Waals surface area contributed by atoms with Crippen LogP contribution in [0.1, 0.15) is 5.56 Å². The third-order valence-corrected chi connectivity index (χ3v) is 4.21. The van der Waals surface area contributed by atoms with Gasteiger partial charge in [0.05, 0.1) is 21.3 Å². The maximum absolute atomic E-state index is 5.69. The van der Waals surface area contributed by atoms with Gasteiger partial charge in [0.1, 0.15) is 0 Å². The van der Waals surface area contributed by atoms with Gasteiger partial charge in [0.2, 0.25) is 18.4 Å². The fraction of sp³-hybridized carbons (Fsp3) is 0.263. The first kappa shape index (κ1) is 17.8. The lowest BCUT2D eigenvalue weighted by Gasteiger charge is -2.14. The molecule has 1 aliphatic rings. The molecule has 2 aromatic carbocycles. The second-order valence-corrected chi connectivity index (χ2v) is 5.87. The summed E-state index contributed by atoms with van der Waals surface area (Å²) < 4.78 is 32.4. The molecule has 0 saturated heterocycles. The summed E-state index contributed by atoms with van der Waals surface area (Å²) in [5.74, 6) is 3.42. The minimum Gasteiger partial charge on any atom is -0.493 e. The van der Waals surface area contributed by atoms with Crippen LogP contribution in [0.4, 0.5) is 6.01 Å². The van der Waals surface area contributed by atoms with Crippen molar-refractivity contribution < 1.29 is 28.1 Å². The largest absolute Gasteiger partial charge is 0.493 e. The van der Waals surface area contributed by atoms with E-state index in [9.17, 15) is 0 Å². The lowest BCUT2D eigenvalue weighted by Crippen LogP contribution is -2.02. The Morgan fingerprint density at radius 3 is 2.39 bits per heavy atom. The van der Waals surface area contributed by atoms with Gasteiger partial charge >= 0.3 is 6.01 Å². The first-order valence-corrected chi connectivity index (χ1v) is 8.48. The SMILES string of the molecule is COc1cc(CNc2nnc(-c3ccc4c(c3)OCO4)o2)cc(OC)c1OC. The monoisotopic (exact) mass is 385 g/mol. The predicted octanol–water partition coefficient (Wildman–Crippen LogP) is 3.10. The molecule has 4 rings (SSSR count). The normalized spacial score (nSPS) is 12.0. The maximum Gasteiger partial charge on any atom is 0.316 e. The molecule has 9 heteroatoms. The van der Waals surface area contributed by atoms with Crippen LogP contribution in [0, 0.1) is 0 Å². The summed E-state index contributed by atoms with van der Waals surface area (Å²) in [6.45, 7) is 0.643. The Morgan fingerprint density at radius 1 is 0.929 bits per heavy atom. The van der Waals surface area contributed by atoms with E-state index in [2.05, 4.69) is 15.5 Å². The van der Waals surface area contributed by atoms with Crippen molar-refractivity contribution in [3.63, 3.8) is 0 Å². The number of hydrogen-bond donors (Lipinski definition) is 1. The number of methoxy groups -OCH3 is 3. The maximum atomic E-state index is 5.69. The van der Waals surface area contributed by atoms with Crippen molar-refractivity contribution in [1.82, 2.24) is 10.2 Å². The molecule has 2 heterocycles. The number of aromatic nitrogens is 2. The predicted molar refractivity (Wildman–Crippen MR) is 99.3 cm³/mol. The Balaban J connectivity index is 1.49. The third-order valence-electron chi connectivity index (χ3n) is 4.21. The van der Waals surface area contributed by atoms with Gasteiger partial charge in [-0.15, -0.1) is 5.10 Å². The van der Waals surface area contributed by atoms with Crippen molar-refractivity contribution >= 4 is 6.01 Å². The molecule has 1 aromatic heterocycles. The minimum absolute atomic E-state index is 0.213. The quantitative estimate of drug-likeness (QED) is 0.658. The molecule has 0 fully saturated rings. The number of fused-ring (bicyclic) bond motifs is 1. The number of nitrogens with one attached hydrogen (secondary N) is 1. The zero-order valence-corrected chi connectivity index (χ0v) is 15.6. The van der Waals surface area contributed by atoms with E-state index in [1.807, 2.05) is 24.3 Å². The van der Waals surface area contributed by atoms with Crippen molar-refractivity contribution in [2.45, 2.75) is 6.54 Å². The molecule has 0 amide bonds. The molecule has 146 valence electrons. The number of hydrogen-bond acceptors (Lipinski definition) is 9. The zero-order valence-electron chi connectivity index (χ0n) is 15.6. The molecule has 0 saturated carbocycles. The van der Waals surface area contributed by atoms with Gasteiger partial charge in [-0.25, -0.2) is 0 Å². The van der Waals surface area contributed by atoms with E-state index >= 15 is 0 Å². The van der Waals surface area contributed by atoms with E-state index in [0.29, 0.717) is 47.2 Å². The van der Waals surface area contributed by atoms with Crippen molar-refractivity contribution in [2.24, 2.45) is 0 Å². The average Bonchev–Trinajstić information content (AvgIpc) is 3.40. The smallest absolute Gasteiger partial charge is 0.316 e. The molecule has 0 unspecified atom stereocenters. The summed E-state index contributed by atoms with van der Waals surface area (Å²) >= 11 is 0. The molecule has 0 atom stereocenters. The van der Waals surface area contributed by atoms with E-state index in [-0.39, 0.29) is 6.79 Å². The van der Waals surface area contributed by atoms with Crippen molar-refractivity contribution in [1.29, 1.82) is 0 Å². The van der Waals surface area contributed by atoms with Gasteiger partial charge in [0, 0.05) is 12.1 Å². The van der Waals surface area contributed by atoms with E-state index in [1.165, 1.54) is 0 Å². The van der Waals surface area contributed by atoms with Crippen LogP contribution in [0.5, 0.6) is 28.7 Å². The van der Waals surface area contributed by atoms with E-state index in [4.69, 9.17) is 28.1 Å². The molecule has 0 spiro atoms. The van der Waals surface area contributed by atoms with Crippen molar-refractivity contribution in [3.8, 4) is 40.2 Å². The molecular formula is C19H19N3O6. The summed E-state index contributed by atoms with van der Waals surface area (Å²) in [5, 5.41) is 11.2. The van der Waals surface area contributed by atoms with Crippen LogP contribution in [0.25, 0.3) is 11.5 Å². The highest BCUT2D eigenvalue weighted by Crippen LogP contribution is 2.38. The van der Waals surface area contributed by atoms with Gasteiger partial charge in [-0.3, -0.25) is 0 Å². The van der Waals surface area contributed by atoms with Gasteiger partial charge in [-0.1, -0.05) is 5.10 Å². The Kier molecular flexibility index (Phi) is 4.79. The van der Waals surface area contributed by atoms with Crippen LogP contribution in [-0.4, -0.2) is 38.3 Å². The summed E-state index contributed by atoms with van der Waals surface area (Å²) in [4.78, 5) is 0. The van der Waals surface area contributed by atoms with Gasteiger partial charge in [-0.05, 0) is 35.9 Å². The second kappa shape index (κ2) is 7.55. The van der Waals surface area contributed by atoms with Gasteiger partial charge in [0.15, 0.2) is 23.0 Å². The molecule has 1 N–H and O–H groups in total. The third kappa shape index (κ3) is 3.34. The topological polar surface area (TPSA) is 97.1 Å². The number of rotatable bonds is 7. The first-order chi connectivity index (χ1) is 13.7. The fourth-order valence-corrected chi connectivity index (χ4v) is 2.86. The summed E-state index contributed by atoms with van der Waals surface area (Å²) in [5.41, 5.74) is 1.65. The Labute approximate surface area is 161 Å². The lowest BCUT2D eigenvalue weighted by atomic mass is 10.2. The van der Waals surface area contributed by atoms with Crippen molar-refractivity contribution in [2.75, 3.05) is 33.4 Å². The number of ether oxygens (including phenoxy) is 5. The van der Waals surface area contributed by atoms with E-state index in [0.717, 1.165) is 11.1 Å². The van der Waals surface area contributed by atoms with Crippen molar-refractivity contribution in [3.05, 3.63) is 35.9 Å². The van der Waals surface area contributed by atoms with Crippen LogP contribution in [0.2, 0.25) is 0 Å². The molecule has 0 radical (unpaired) electrons. The summed E-state index contributed by atoms with van der Waals surface area (Å²) in [7, 11) is 4.71. The molecule has 28 heavy (non-hydrogen) atoms. The molecule has 0 bridgehead atoms. The highest BCUT2D eigenvalue weighted by molar-refractivity contribution is 5.60. The van der Waals surface area contributed by atoms with E-state index in [1.54, 1.807) is 27.4 Å². The van der Waals surface area contributed by atoms with E-state index < -0.39 is 0 Å². The average molecular weight is 385 g/mol. The highest BCUT2D eigenvalue weighted by atomic mass is 16.7. The first-order valence-electron chi connectivity index (χ1n) is 8.48. The molecule has 0 aliphatic carbocycles. The van der Waals surface area contributed by atoms with Crippen LogP contribution < -0.4 is 29.0 Å². The van der Waals surface area contributed by atoms with Gasteiger partial charge in [-0.2, -0.15) is 0 Å². The number of nitrogens with zero attached hydrogens (tertiary/aromatic N) is 2. The van der Waals surface area contributed by atoms with Crippen LogP contribution in [0.15, 0.2) is 34.7 Å². The molecule has 1 aliphatic heterocycles. The van der Waals surface area contributed by atoms with Crippen LogP contribution >= 0.6 is 0 Å². The Hall–Kier alpha value is -3.62. The zero-order chi connectivity index (χ0) is 19.5.